The number of aliphatic hydroxyl groups is 1. The van der Waals surface area contributed by atoms with E-state index in [0.717, 1.165) is 12.8 Å². The Kier molecular flexibility index (Phi) is 5.56. The van der Waals surface area contributed by atoms with E-state index in [-0.39, 0.29) is 17.9 Å². The number of pyridine rings is 1. The summed E-state index contributed by atoms with van der Waals surface area (Å²) >= 11 is 5.66. The van der Waals surface area contributed by atoms with E-state index < -0.39 is 0 Å². The molecule has 1 aromatic heterocycles. The van der Waals surface area contributed by atoms with Gasteiger partial charge in [-0.05, 0) is 25.0 Å². The first-order valence-corrected chi connectivity index (χ1v) is 6.45. The van der Waals surface area contributed by atoms with E-state index in [1.165, 1.54) is 6.20 Å². The number of hydrogen-bond acceptors (Lipinski definition) is 3. The molecule has 0 unspecified atom stereocenters. The number of hydrogen-bond donors (Lipinski definition) is 2. The van der Waals surface area contributed by atoms with E-state index in [1.54, 1.807) is 12.1 Å². The highest BCUT2D eigenvalue weighted by molar-refractivity contribution is 6.29. The summed E-state index contributed by atoms with van der Waals surface area (Å²) in [5.41, 5.74) is 0.230. The van der Waals surface area contributed by atoms with E-state index in [4.69, 9.17) is 11.6 Å². The fraction of sp³-hybridized carbons (Fsp3) is 0.538. The number of nitrogens with one attached hydrogen (secondary N) is 1. The first kappa shape index (κ1) is 14.9. The zero-order chi connectivity index (χ0) is 13.6. The van der Waals surface area contributed by atoms with E-state index in [9.17, 15) is 9.90 Å². The topological polar surface area (TPSA) is 62.2 Å². The number of aromatic nitrogens is 1. The van der Waals surface area contributed by atoms with E-state index in [0.29, 0.717) is 17.3 Å². The summed E-state index contributed by atoms with van der Waals surface area (Å²) < 4.78 is 0. The number of halogens is 1. The maximum atomic E-state index is 11.9. The molecule has 0 bridgehead atoms. The van der Waals surface area contributed by atoms with Crippen molar-refractivity contribution in [1.29, 1.82) is 0 Å². The molecule has 0 spiro atoms. The van der Waals surface area contributed by atoms with Gasteiger partial charge in [0.25, 0.3) is 5.91 Å². The molecule has 0 aliphatic carbocycles. The zero-order valence-corrected chi connectivity index (χ0v) is 11.5. The quantitative estimate of drug-likeness (QED) is 0.780. The van der Waals surface area contributed by atoms with Crippen molar-refractivity contribution in [1.82, 2.24) is 10.3 Å². The van der Waals surface area contributed by atoms with E-state index in [1.807, 2.05) is 13.8 Å². The summed E-state index contributed by atoms with van der Waals surface area (Å²) in [6.45, 7) is 4.54. The Labute approximate surface area is 112 Å². The van der Waals surface area contributed by atoms with Crippen LogP contribution in [0.1, 0.15) is 37.0 Å². The van der Waals surface area contributed by atoms with Gasteiger partial charge in [0.05, 0.1) is 12.2 Å². The molecule has 4 nitrogen and oxygen atoms in total. The van der Waals surface area contributed by atoms with Gasteiger partial charge in [0, 0.05) is 18.2 Å². The molecule has 1 rings (SSSR count). The van der Waals surface area contributed by atoms with Gasteiger partial charge < -0.3 is 10.4 Å². The van der Waals surface area contributed by atoms with Crippen molar-refractivity contribution >= 4 is 17.5 Å². The Hall–Kier alpha value is -1.13. The summed E-state index contributed by atoms with van der Waals surface area (Å²) in [7, 11) is 0. The van der Waals surface area contributed by atoms with Gasteiger partial charge in [0.1, 0.15) is 5.15 Å². The molecule has 0 saturated carbocycles. The van der Waals surface area contributed by atoms with Crippen LogP contribution in [0.5, 0.6) is 0 Å². The van der Waals surface area contributed by atoms with Crippen molar-refractivity contribution in [2.24, 2.45) is 5.41 Å². The second-order valence-electron chi connectivity index (χ2n) is 4.42. The molecule has 100 valence electrons. The lowest BCUT2D eigenvalue weighted by molar-refractivity contribution is 0.0851. The molecule has 0 aromatic carbocycles. The van der Waals surface area contributed by atoms with Gasteiger partial charge in [-0.25, -0.2) is 4.98 Å². The zero-order valence-electron chi connectivity index (χ0n) is 10.7. The summed E-state index contributed by atoms with van der Waals surface area (Å²) in [5, 5.41) is 12.6. The molecule has 0 atom stereocenters. The minimum absolute atomic E-state index is 0.0686. The molecule has 0 aliphatic heterocycles. The fourth-order valence-corrected chi connectivity index (χ4v) is 1.77. The molecule has 18 heavy (non-hydrogen) atoms. The van der Waals surface area contributed by atoms with Gasteiger partial charge >= 0.3 is 0 Å². The molecule has 0 radical (unpaired) electrons. The molecule has 5 heteroatoms. The number of rotatable bonds is 6. The summed E-state index contributed by atoms with van der Waals surface area (Å²) in [6, 6.07) is 3.21. The van der Waals surface area contributed by atoms with Crippen LogP contribution in [-0.2, 0) is 0 Å². The Morgan fingerprint density at radius 1 is 1.44 bits per heavy atom. The maximum Gasteiger partial charge on any atom is 0.252 e. The van der Waals surface area contributed by atoms with Crippen LogP contribution < -0.4 is 5.32 Å². The van der Waals surface area contributed by atoms with Crippen LogP contribution in [0.4, 0.5) is 0 Å². The summed E-state index contributed by atoms with van der Waals surface area (Å²) in [5.74, 6) is -0.195. The standard InChI is InChI=1S/C13H19ClN2O2/c1-3-13(4-2,9-17)8-16-12(18)10-5-6-11(14)15-7-10/h5-7,17H,3-4,8-9H2,1-2H3,(H,16,18). The molecule has 1 amide bonds. The lowest BCUT2D eigenvalue weighted by Crippen LogP contribution is -2.39. The van der Waals surface area contributed by atoms with Crippen molar-refractivity contribution in [3.63, 3.8) is 0 Å². The SMILES string of the molecule is CCC(CC)(CO)CNC(=O)c1ccc(Cl)nc1. The number of carbonyl (C=O) groups is 1. The van der Waals surface area contributed by atoms with Crippen LogP contribution in [0.25, 0.3) is 0 Å². The molecule has 0 saturated heterocycles. The third kappa shape index (κ3) is 3.68. The monoisotopic (exact) mass is 270 g/mol. The minimum atomic E-state index is -0.241. The fourth-order valence-electron chi connectivity index (χ4n) is 1.66. The lowest BCUT2D eigenvalue weighted by Gasteiger charge is -2.29. The number of amides is 1. The van der Waals surface area contributed by atoms with Gasteiger partial charge in [-0.2, -0.15) is 0 Å². The van der Waals surface area contributed by atoms with Crippen LogP contribution >= 0.6 is 11.6 Å². The van der Waals surface area contributed by atoms with Gasteiger partial charge in [-0.1, -0.05) is 25.4 Å². The Bertz CT molecular complexity index is 380. The third-order valence-corrected chi connectivity index (χ3v) is 3.67. The third-order valence-electron chi connectivity index (χ3n) is 3.45. The smallest absolute Gasteiger partial charge is 0.252 e. The average molecular weight is 271 g/mol. The first-order valence-electron chi connectivity index (χ1n) is 6.07. The number of carbonyl (C=O) groups excluding carboxylic acids is 1. The number of nitrogens with zero attached hydrogens (tertiary/aromatic N) is 1. The molecule has 2 N–H and O–H groups in total. The van der Waals surface area contributed by atoms with Crippen molar-refractivity contribution in [2.45, 2.75) is 26.7 Å². The van der Waals surface area contributed by atoms with E-state index in [2.05, 4.69) is 10.3 Å². The predicted octanol–water partition coefficient (Wildman–Crippen LogP) is 2.26. The van der Waals surface area contributed by atoms with Crippen molar-refractivity contribution < 1.29 is 9.90 Å². The summed E-state index contributed by atoms with van der Waals surface area (Å²) in [6.07, 6.45) is 3.08. The second kappa shape index (κ2) is 6.71. The number of aliphatic hydroxyl groups excluding tert-OH is 1. The molecule has 1 heterocycles. The van der Waals surface area contributed by atoms with Gasteiger partial charge in [0.2, 0.25) is 0 Å². The highest BCUT2D eigenvalue weighted by atomic mass is 35.5. The second-order valence-corrected chi connectivity index (χ2v) is 4.80. The molecule has 0 fully saturated rings. The minimum Gasteiger partial charge on any atom is -0.396 e. The van der Waals surface area contributed by atoms with Crippen LogP contribution in [0.15, 0.2) is 18.3 Å². The molecule has 1 aromatic rings. The van der Waals surface area contributed by atoms with Gasteiger partial charge in [-0.15, -0.1) is 0 Å². The first-order chi connectivity index (χ1) is 8.56. The van der Waals surface area contributed by atoms with Crippen LogP contribution in [-0.4, -0.2) is 29.1 Å². The lowest BCUT2D eigenvalue weighted by atomic mass is 9.83. The van der Waals surface area contributed by atoms with Gasteiger partial charge in [-0.3, -0.25) is 4.79 Å². The highest BCUT2D eigenvalue weighted by Gasteiger charge is 2.25. The molecular weight excluding hydrogens is 252 g/mol. The highest BCUT2D eigenvalue weighted by Crippen LogP contribution is 2.24. The van der Waals surface area contributed by atoms with E-state index >= 15 is 0 Å². The summed E-state index contributed by atoms with van der Waals surface area (Å²) in [4.78, 5) is 15.7. The average Bonchev–Trinajstić information content (AvgIpc) is 2.41. The van der Waals surface area contributed by atoms with Crippen LogP contribution in [0.2, 0.25) is 5.15 Å². The van der Waals surface area contributed by atoms with Crippen LogP contribution in [0, 0.1) is 5.41 Å². The van der Waals surface area contributed by atoms with Crippen molar-refractivity contribution in [2.75, 3.05) is 13.2 Å². The molecular formula is C13H19ClN2O2. The maximum absolute atomic E-state index is 11.9. The Morgan fingerprint density at radius 2 is 2.11 bits per heavy atom. The van der Waals surface area contributed by atoms with Crippen molar-refractivity contribution in [3.8, 4) is 0 Å². The normalized spacial score (nSPS) is 11.3. The Morgan fingerprint density at radius 3 is 2.56 bits per heavy atom. The predicted molar refractivity (Wildman–Crippen MR) is 71.7 cm³/mol. The Balaban J connectivity index is 2.63. The van der Waals surface area contributed by atoms with Crippen LogP contribution in [0.3, 0.4) is 0 Å². The van der Waals surface area contributed by atoms with Crippen molar-refractivity contribution in [3.05, 3.63) is 29.0 Å². The molecule has 0 aliphatic rings. The van der Waals surface area contributed by atoms with Gasteiger partial charge in [0.15, 0.2) is 0 Å². The largest absolute Gasteiger partial charge is 0.396 e.